The highest BCUT2D eigenvalue weighted by molar-refractivity contribution is 6.12. The van der Waals surface area contributed by atoms with Crippen LogP contribution in [-0.2, 0) is 0 Å². The Bertz CT molecular complexity index is 749. The Morgan fingerprint density at radius 2 is 1.86 bits per heavy atom. The quantitative estimate of drug-likeness (QED) is 0.687. The van der Waals surface area contributed by atoms with Crippen LogP contribution in [0.2, 0.25) is 0 Å². The summed E-state index contributed by atoms with van der Waals surface area (Å²) >= 11 is 0. The number of ketones is 1. The summed E-state index contributed by atoms with van der Waals surface area (Å²) in [6, 6.07) is 14.1. The van der Waals surface area contributed by atoms with E-state index in [1.165, 1.54) is 6.39 Å². The standard InChI is InChI=1S/C16H12N2O3/c1-20-12-8-6-11(7-9-12)15(19)13-4-2-3-5-14(13)16-18-17-10-21-16/h2-10H,1H3. The summed E-state index contributed by atoms with van der Waals surface area (Å²) in [7, 11) is 1.59. The van der Waals surface area contributed by atoms with Crippen LogP contribution < -0.4 is 4.74 Å². The molecule has 0 N–H and O–H groups in total. The van der Waals surface area contributed by atoms with Crippen molar-refractivity contribution in [2.24, 2.45) is 0 Å². The van der Waals surface area contributed by atoms with Crippen LogP contribution in [0.3, 0.4) is 0 Å². The van der Waals surface area contributed by atoms with Crippen LogP contribution in [0.15, 0.2) is 59.3 Å². The monoisotopic (exact) mass is 280 g/mol. The van der Waals surface area contributed by atoms with E-state index in [9.17, 15) is 4.79 Å². The average molecular weight is 280 g/mol. The van der Waals surface area contributed by atoms with Crippen molar-refractivity contribution in [3.8, 4) is 17.2 Å². The number of nitrogens with zero attached hydrogens (tertiary/aromatic N) is 2. The molecule has 5 nitrogen and oxygen atoms in total. The molecule has 5 heteroatoms. The highest BCUT2D eigenvalue weighted by Crippen LogP contribution is 2.24. The van der Waals surface area contributed by atoms with Gasteiger partial charge in [-0.1, -0.05) is 18.2 Å². The molecular weight excluding hydrogens is 268 g/mol. The van der Waals surface area contributed by atoms with E-state index in [0.717, 1.165) is 0 Å². The van der Waals surface area contributed by atoms with E-state index in [2.05, 4.69) is 10.2 Å². The van der Waals surface area contributed by atoms with Crippen LogP contribution in [0.5, 0.6) is 5.75 Å². The highest BCUT2D eigenvalue weighted by Gasteiger charge is 2.17. The van der Waals surface area contributed by atoms with Crippen LogP contribution in [0.1, 0.15) is 15.9 Å². The zero-order valence-electron chi connectivity index (χ0n) is 11.3. The Balaban J connectivity index is 2.02. The third-order valence-electron chi connectivity index (χ3n) is 3.11. The topological polar surface area (TPSA) is 65.2 Å². The second-order valence-corrected chi connectivity index (χ2v) is 4.35. The summed E-state index contributed by atoms with van der Waals surface area (Å²) < 4.78 is 10.3. The third kappa shape index (κ3) is 2.53. The zero-order chi connectivity index (χ0) is 14.7. The summed E-state index contributed by atoms with van der Waals surface area (Å²) in [5, 5.41) is 7.51. The molecule has 1 heterocycles. The van der Waals surface area contributed by atoms with Gasteiger partial charge in [-0.15, -0.1) is 10.2 Å². The molecule has 104 valence electrons. The van der Waals surface area contributed by atoms with Crippen molar-refractivity contribution in [2.45, 2.75) is 0 Å². The lowest BCUT2D eigenvalue weighted by Crippen LogP contribution is -2.03. The molecule has 0 bridgehead atoms. The van der Waals surface area contributed by atoms with Crippen molar-refractivity contribution in [3.05, 3.63) is 66.1 Å². The van der Waals surface area contributed by atoms with Crippen molar-refractivity contribution < 1.29 is 13.9 Å². The minimum atomic E-state index is -0.105. The van der Waals surface area contributed by atoms with Gasteiger partial charge < -0.3 is 9.15 Å². The fraction of sp³-hybridized carbons (Fsp3) is 0.0625. The molecule has 0 unspecified atom stereocenters. The molecule has 0 spiro atoms. The first-order valence-corrected chi connectivity index (χ1v) is 6.34. The molecule has 21 heavy (non-hydrogen) atoms. The molecule has 0 saturated heterocycles. The lowest BCUT2D eigenvalue weighted by atomic mass is 9.98. The van der Waals surface area contributed by atoms with Gasteiger partial charge in [-0.25, -0.2) is 0 Å². The third-order valence-corrected chi connectivity index (χ3v) is 3.11. The van der Waals surface area contributed by atoms with Crippen molar-refractivity contribution in [1.82, 2.24) is 10.2 Å². The molecule has 0 amide bonds. The molecule has 0 atom stereocenters. The molecule has 0 aliphatic heterocycles. The van der Waals surface area contributed by atoms with E-state index in [4.69, 9.17) is 9.15 Å². The number of hydrogen-bond donors (Lipinski definition) is 0. The average Bonchev–Trinajstić information content (AvgIpc) is 3.08. The Morgan fingerprint density at radius 3 is 2.52 bits per heavy atom. The lowest BCUT2D eigenvalue weighted by molar-refractivity contribution is 0.103. The maximum absolute atomic E-state index is 12.6. The fourth-order valence-corrected chi connectivity index (χ4v) is 2.06. The smallest absolute Gasteiger partial charge is 0.248 e. The van der Waals surface area contributed by atoms with Crippen LogP contribution in [0, 0.1) is 0 Å². The van der Waals surface area contributed by atoms with Crippen molar-refractivity contribution in [1.29, 1.82) is 0 Å². The number of carbonyl (C=O) groups is 1. The van der Waals surface area contributed by atoms with Gasteiger partial charge in [0.1, 0.15) is 5.75 Å². The van der Waals surface area contributed by atoms with E-state index in [1.807, 2.05) is 6.07 Å². The maximum atomic E-state index is 12.6. The van der Waals surface area contributed by atoms with Crippen molar-refractivity contribution in [2.75, 3.05) is 7.11 Å². The summed E-state index contributed by atoms with van der Waals surface area (Å²) in [4.78, 5) is 12.6. The van der Waals surface area contributed by atoms with Gasteiger partial charge in [0, 0.05) is 16.7 Å². The number of methoxy groups -OCH3 is 1. The van der Waals surface area contributed by atoms with Crippen LogP contribution in [-0.4, -0.2) is 23.1 Å². The minimum absolute atomic E-state index is 0.105. The van der Waals surface area contributed by atoms with Crippen LogP contribution >= 0.6 is 0 Å². The van der Waals surface area contributed by atoms with Gasteiger partial charge in [0.05, 0.1) is 7.11 Å². The number of benzene rings is 2. The van der Waals surface area contributed by atoms with Crippen molar-refractivity contribution in [3.63, 3.8) is 0 Å². The number of carbonyl (C=O) groups excluding carboxylic acids is 1. The first kappa shape index (κ1) is 13.1. The van der Waals surface area contributed by atoms with Crippen molar-refractivity contribution >= 4 is 5.78 Å². The van der Waals surface area contributed by atoms with E-state index >= 15 is 0 Å². The summed E-state index contributed by atoms with van der Waals surface area (Å²) in [6.45, 7) is 0. The minimum Gasteiger partial charge on any atom is -0.497 e. The maximum Gasteiger partial charge on any atom is 0.248 e. The molecule has 1 aromatic heterocycles. The molecule has 3 rings (SSSR count). The lowest BCUT2D eigenvalue weighted by Gasteiger charge is -2.06. The summed E-state index contributed by atoms with van der Waals surface area (Å²) in [6.07, 6.45) is 1.24. The Morgan fingerprint density at radius 1 is 1.10 bits per heavy atom. The fourth-order valence-electron chi connectivity index (χ4n) is 2.06. The van der Waals surface area contributed by atoms with Crippen LogP contribution in [0.4, 0.5) is 0 Å². The SMILES string of the molecule is COc1ccc(C(=O)c2ccccc2-c2nnco2)cc1. The number of ether oxygens (including phenoxy) is 1. The molecule has 0 radical (unpaired) electrons. The van der Waals surface area contributed by atoms with Gasteiger partial charge >= 0.3 is 0 Å². The van der Waals surface area contributed by atoms with Gasteiger partial charge in [-0.3, -0.25) is 4.79 Å². The molecule has 3 aromatic rings. The van der Waals surface area contributed by atoms with E-state index in [0.29, 0.717) is 28.3 Å². The largest absolute Gasteiger partial charge is 0.497 e. The molecule has 0 aliphatic carbocycles. The van der Waals surface area contributed by atoms with Gasteiger partial charge in [0.15, 0.2) is 5.78 Å². The molecule has 0 saturated carbocycles. The normalized spacial score (nSPS) is 10.3. The predicted octanol–water partition coefficient (Wildman–Crippen LogP) is 2.98. The number of rotatable bonds is 4. The number of aromatic nitrogens is 2. The second kappa shape index (κ2) is 5.58. The summed E-state index contributed by atoms with van der Waals surface area (Å²) in [5.74, 6) is 0.927. The molecule has 0 aliphatic rings. The Hall–Kier alpha value is -2.95. The summed E-state index contributed by atoms with van der Waals surface area (Å²) in [5.41, 5.74) is 1.71. The van der Waals surface area contributed by atoms with Gasteiger partial charge in [-0.05, 0) is 30.3 Å². The second-order valence-electron chi connectivity index (χ2n) is 4.35. The highest BCUT2D eigenvalue weighted by atomic mass is 16.5. The van der Waals surface area contributed by atoms with E-state index in [1.54, 1.807) is 49.6 Å². The molecule has 2 aromatic carbocycles. The van der Waals surface area contributed by atoms with Gasteiger partial charge in [0.2, 0.25) is 12.3 Å². The molecule has 0 fully saturated rings. The van der Waals surface area contributed by atoms with Crippen LogP contribution in [0.25, 0.3) is 11.5 Å². The number of hydrogen-bond acceptors (Lipinski definition) is 5. The van der Waals surface area contributed by atoms with E-state index in [-0.39, 0.29) is 5.78 Å². The predicted molar refractivity (Wildman–Crippen MR) is 76.2 cm³/mol. The van der Waals surface area contributed by atoms with Gasteiger partial charge in [0.25, 0.3) is 0 Å². The zero-order valence-corrected chi connectivity index (χ0v) is 11.3. The first-order chi connectivity index (χ1) is 10.3. The van der Waals surface area contributed by atoms with E-state index < -0.39 is 0 Å². The first-order valence-electron chi connectivity index (χ1n) is 6.34. The Kier molecular flexibility index (Phi) is 3.47. The molecular formula is C16H12N2O3. The Labute approximate surface area is 121 Å². The van der Waals surface area contributed by atoms with Gasteiger partial charge in [-0.2, -0.15) is 0 Å².